The van der Waals surface area contributed by atoms with E-state index in [1.165, 1.54) is 45.9 Å². The van der Waals surface area contributed by atoms with E-state index >= 15 is 0 Å². The molecule has 12 heteroatoms. The first-order valence-electron chi connectivity index (χ1n) is 8.65. The standard InChI is InChI=1S/C18H24F2O9S/c1-16(2,23)11-7-12(17(3,4)24)9-13(8-11)29-15(22)6-5-14(21)28-10-18(19,20)30(25,26)27/h7-9,23-24H,5-6,10H2,1-4H3,(H,25,26,27). The zero-order valence-electron chi connectivity index (χ0n) is 16.8. The molecule has 9 nitrogen and oxygen atoms in total. The van der Waals surface area contributed by atoms with E-state index in [0.717, 1.165) is 0 Å². The second-order valence-corrected chi connectivity index (χ2v) is 9.16. The smallest absolute Gasteiger partial charge is 0.402 e. The number of benzene rings is 1. The molecule has 0 fully saturated rings. The minimum absolute atomic E-state index is 0.0250. The van der Waals surface area contributed by atoms with Crippen LogP contribution in [0.1, 0.15) is 51.7 Å². The first-order valence-corrected chi connectivity index (χ1v) is 10.1. The van der Waals surface area contributed by atoms with Crippen LogP contribution in [-0.2, 0) is 35.6 Å². The van der Waals surface area contributed by atoms with Crippen molar-refractivity contribution in [3.8, 4) is 5.75 Å². The predicted molar refractivity (Wildman–Crippen MR) is 99.3 cm³/mol. The van der Waals surface area contributed by atoms with Gasteiger partial charge in [0.25, 0.3) is 0 Å². The summed E-state index contributed by atoms with van der Waals surface area (Å²) in [6.45, 7) is 4.05. The summed E-state index contributed by atoms with van der Waals surface area (Å²) in [6.07, 6.45) is -1.27. The molecule has 0 heterocycles. The molecule has 0 spiro atoms. The van der Waals surface area contributed by atoms with Crippen molar-refractivity contribution in [3.05, 3.63) is 29.3 Å². The van der Waals surface area contributed by atoms with Crippen molar-refractivity contribution in [1.29, 1.82) is 0 Å². The van der Waals surface area contributed by atoms with Crippen LogP contribution in [0.4, 0.5) is 8.78 Å². The average molecular weight is 454 g/mol. The summed E-state index contributed by atoms with van der Waals surface area (Å²) in [5.41, 5.74) is -1.94. The number of halogens is 2. The lowest BCUT2D eigenvalue weighted by Gasteiger charge is -2.24. The van der Waals surface area contributed by atoms with Gasteiger partial charge in [-0.25, -0.2) is 0 Å². The predicted octanol–water partition coefficient (Wildman–Crippen LogP) is 1.85. The molecule has 1 aromatic rings. The summed E-state index contributed by atoms with van der Waals surface area (Å²) >= 11 is 0. The van der Waals surface area contributed by atoms with Crippen molar-refractivity contribution in [1.82, 2.24) is 0 Å². The number of hydrogen-bond acceptors (Lipinski definition) is 8. The number of hydrogen-bond donors (Lipinski definition) is 3. The Labute approximate surface area is 172 Å². The SMILES string of the molecule is CC(C)(O)c1cc(OC(=O)CCC(=O)OCC(F)(F)S(=O)(=O)O)cc(C(C)(C)O)c1. The van der Waals surface area contributed by atoms with Crippen molar-refractivity contribution in [2.24, 2.45) is 0 Å². The lowest BCUT2D eigenvalue weighted by molar-refractivity contribution is -0.151. The molecule has 0 atom stereocenters. The van der Waals surface area contributed by atoms with Crippen LogP contribution in [0.15, 0.2) is 18.2 Å². The van der Waals surface area contributed by atoms with Gasteiger partial charge in [0.1, 0.15) is 5.75 Å². The molecular formula is C18H24F2O9S. The molecule has 0 aliphatic carbocycles. The summed E-state index contributed by atoms with van der Waals surface area (Å²) in [4.78, 5) is 23.4. The Morgan fingerprint density at radius 3 is 1.77 bits per heavy atom. The van der Waals surface area contributed by atoms with E-state index in [1.54, 1.807) is 0 Å². The second-order valence-electron chi connectivity index (χ2n) is 7.61. The van der Waals surface area contributed by atoms with Crippen molar-refractivity contribution < 1.29 is 51.0 Å². The van der Waals surface area contributed by atoms with E-state index in [4.69, 9.17) is 9.29 Å². The zero-order chi connectivity index (χ0) is 23.5. The molecule has 0 unspecified atom stereocenters. The Morgan fingerprint density at radius 1 is 0.933 bits per heavy atom. The molecule has 170 valence electrons. The molecule has 0 aliphatic rings. The van der Waals surface area contributed by atoms with E-state index in [-0.39, 0.29) is 5.75 Å². The van der Waals surface area contributed by atoms with E-state index in [1.807, 2.05) is 0 Å². The number of carbonyl (C=O) groups excluding carboxylic acids is 2. The third-order valence-corrected chi connectivity index (χ3v) is 4.74. The van der Waals surface area contributed by atoms with Crippen molar-refractivity contribution in [3.63, 3.8) is 0 Å². The van der Waals surface area contributed by atoms with Crippen LogP contribution in [0.3, 0.4) is 0 Å². The monoisotopic (exact) mass is 454 g/mol. The summed E-state index contributed by atoms with van der Waals surface area (Å²) in [7, 11) is -5.75. The van der Waals surface area contributed by atoms with Crippen LogP contribution in [-0.4, -0.2) is 47.0 Å². The van der Waals surface area contributed by atoms with Crippen molar-refractivity contribution in [2.75, 3.05) is 6.61 Å². The molecule has 0 aromatic heterocycles. The molecule has 0 aliphatic heterocycles. The normalized spacial score (nSPS) is 13.1. The van der Waals surface area contributed by atoms with E-state index in [9.17, 15) is 37.0 Å². The summed E-state index contributed by atoms with van der Waals surface area (Å²) < 4.78 is 64.3. The Morgan fingerprint density at radius 2 is 1.37 bits per heavy atom. The maximum absolute atomic E-state index is 13.0. The highest BCUT2D eigenvalue weighted by Gasteiger charge is 2.45. The fourth-order valence-corrected chi connectivity index (χ4v) is 2.27. The Balaban J connectivity index is 2.78. The van der Waals surface area contributed by atoms with Crippen LogP contribution in [0.25, 0.3) is 0 Å². The molecule has 1 aromatic carbocycles. The Kier molecular flexibility index (Phi) is 7.70. The van der Waals surface area contributed by atoms with Gasteiger partial charge in [-0.05, 0) is 57.0 Å². The molecule has 0 saturated heterocycles. The summed E-state index contributed by atoms with van der Waals surface area (Å²) in [5, 5.41) is 15.7. The maximum atomic E-state index is 13.0. The number of esters is 2. The lowest BCUT2D eigenvalue weighted by atomic mass is 9.90. The number of rotatable bonds is 9. The molecule has 0 amide bonds. The van der Waals surface area contributed by atoms with E-state index < -0.39 is 58.0 Å². The van der Waals surface area contributed by atoms with Crippen LogP contribution in [0.5, 0.6) is 5.75 Å². The van der Waals surface area contributed by atoms with Gasteiger partial charge in [0.05, 0.1) is 24.0 Å². The number of ether oxygens (including phenoxy) is 2. The highest BCUT2D eigenvalue weighted by molar-refractivity contribution is 7.86. The van der Waals surface area contributed by atoms with Crippen LogP contribution >= 0.6 is 0 Å². The summed E-state index contributed by atoms with van der Waals surface area (Å²) in [6, 6.07) is 4.25. The quantitative estimate of drug-likeness (QED) is 0.289. The van der Waals surface area contributed by atoms with E-state index in [2.05, 4.69) is 4.74 Å². The maximum Gasteiger partial charge on any atom is 0.402 e. The average Bonchev–Trinajstić information content (AvgIpc) is 2.55. The molecule has 0 saturated carbocycles. The molecule has 30 heavy (non-hydrogen) atoms. The topological polar surface area (TPSA) is 147 Å². The van der Waals surface area contributed by atoms with Gasteiger partial charge in [0.2, 0.25) is 0 Å². The third kappa shape index (κ3) is 7.59. The van der Waals surface area contributed by atoms with Gasteiger partial charge in [-0.1, -0.05) is 0 Å². The molecule has 3 N–H and O–H groups in total. The van der Waals surface area contributed by atoms with Gasteiger partial charge in [-0.2, -0.15) is 17.2 Å². The molecule has 1 rings (SSSR count). The van der Waals surface area contributed by atoms with Gasteiger partial charge >= 0.3 is 27.3 Å². The van der Waals surface area contributed by atoms with Gasteiger partial charge in [-0.15, -0.1) is 0 Å². The van der Waals surface area contributed by atoms with Gasteiger partial charge in [0, 0.05) is 0 Å². The van der Waals surface area contributed by atoms with Crippen molar-refractivity contribution in [2.45, 2.75) is 57.0 Å². The Hall–Kier alpha value is -2.15. The largest absolute Gasteiger partial charge is 0.458 e. The van der Waals surface area contributed by atoms with Crippen molar-refractivity contribution >= 4 is 22.1 Å². The third-order valence-electron chi connectivity index (χ3n) is 3.86. The van der Waals surface area contributed by atoms with Gasteiger partial charge < -0.3 is 19.7 Å². The minimum Gasteiger partial charge on any atom is -0.458 e. The first kappa shape index (κ1) is 25.9. The Bertz CT molecular complexity index is 865. The zero-order valence-corrected chi connectivity index (χ0v) is 17.6. The van der Waals surface area contributed by atoms with Gasteiger partial charge in [0.15, 0.2) is 6.61 Å². The lowest BCUT2D eigenvalue weighted by Crippen LogP contribution is -2.34. The van der Waals surface area contributed by atoms with Gasteiger partial charge in [-0.3, -0.25) is 14.1 Å². The molecular weight excluding hydrogens is 430 g/mol. The minimum atomic E-state index is -5.75. The van der Waals surface area contributed by atoms with Crippen LogP contribution in [0.2, 0.25) is 0 Å². The number of carbonyl (C=O) groups is 2. The summed E-state index contributed by atoms with van der Waals surface area (Å²) in [5.74, 6) is -2.27. The molecule has 0 bridgehead atoms. The number of aliphatic hydroxyl groups is 2. The van der Waals surface area contributed by atoms with Crippen LogP contribution in [0, 0.1) is 0 Å². The fourth-order valence-electron chi connectivity index (χ4n) is 2.06. The highest BCUT2D eigenvalue weighted by Crippen LogP contribution is 2.31. The highest BCUT2D eigenvalue weighted by atomic mass is 32.2. The first-order chi connectivity index (χ1) is 13.3. The van der Waals surface area contributed by atoms with Crippen LogP contribution < -0.4 is 4.74 Å². The number of alkyl halides is 2. The second kappa shape index (κ2) is 8.92. The molecule has 0 radical (unpaired) electrons. The fraction of sp³-hybridized carbons (Fsp3) is 0.556. The van der Waals surface area contributed by atoms with E-state index in [0.29, 0.717) is 11.1 Å².